The van der Waals surface area contributed by atoms with Gasteiger partial charge >= 0.3 is 0 Å². The third-order valence-corrected chi connectivity index (χ3v) is 3.26. The zero-order valence-electron chi connectivity index (χ0n) is 9.05. The van der Waals surface area contributed by atoms with E-state index in [1.165, 1.54) is 0 Å². The molecule has 0 saturated carbocycles. The molecule has 0 unspecified atom stereocenters. The minimum absolute atomic E-state index is 0.122. The van der Waals surface area contributed by atoms with E-state index < -0.39 is 5.54 Å². The number of aliphatic hydroxyl groups is 1. The first-order valence-electron chi connectivity index (χ1n) is 4.74. The molecule has 1 aromatic carbocycles. The van der Waals surface area contributed by atoms with E-state index in [-0.39, 0.29) is 12.5 Å². The number of halogens is 2. The Morgan fingerprint density at radius 1 is 1.56 bits per heavy atom. The maximum Gasteiger partial charge on any atom is 0.251 e. The highest BCUT2D eigenvalue weighted by Crippen LogP contribution is 2.23. The van der Waals surface area contributed by atoms with Crippen LogP contribution in [-0.2, 0) is 0 Å². The Kier molecular flexibility index (Phi) is 4.35. The highest BCUT2D eigenvalue weighted by molar-refractivity contribution is 9.10. The smallest absolute Gasteiger partial charge is 0.251 e. The van der Waals surface area contributed by atoms with Crippen molar-refractivity contribution >= 4 is 33.4 Å². The average Bonchev–Trinajstić information content (AvgIpc) is 2.21. The number of aliphatic hydroxyl groups excluding tert-OH is 1. The van der Waals surface area contributed by atoms with Crippen LogP contribution >= 0.6 is 27.5 Å². The number of amides is 1. The third-order valence-electron chi connectivity index (χ3n) is 2.03. The van der Waals surface area contributed by atoms with Gasteiger partial charge in [0.05, 0.1) is 17.2 Å². The van der Waals surface area contributed by atoms with E-state index >= 15 is 0 Å². The fourth-order valence-corrected chi connectivity index (χ4v) is 1.48. The summed E-state index contributed by atoms with van der Waals surface area (Å²) in [7, 11) is 0. The minimum Gasteiger partial charge on any atom is -0.394 e. The van der Waals surface area contributed by atoms with Gasteiger partial charge in [0.15, 0.2) is 0 Å². The predicted octanol–water partition coefficient (Wildman–Crippen LogP) is 2.60. The molecule has 0 heterocycles. The molecule has 0 radical (unpaired) electrons. The zero-order valence-corrected chi connectivity index (χ0v) is 11.4. The van der Waals surface area contributed by atoms with Crippen molar-refractivity contribution < 1.29 is 9.90 Å². The summed E-state index contributed by atoms with van der Waals surface area (Å²) in [6, 6.07) is 4.95. The number of carbonyl (C=O) groups excluding carboxylic acids is 1. The number of rotatable bonds is 3. The van der Waals surface area contributed by atoms with Crippen molar-refractivity contribution in [2.75, 3.05) is 6.61 Å². The molecule has 0 aliphatic carbocycles. The first kappa shape index (κ1) is 13.5. The van der Waals surface area contributed by atoms with Gasteiger partial charge < -0.3 is 10.4 Å². The maximum atomic E-state index is 11.8. The van der Waals surface area contributed by atoms with E-state index in [0.29, 0.717) is 10.6 Å². The van der Waals surface area contributed by atoms with E-state index in [0.717, 1.165) is 4.47 Å². The van der Waals surface area contributed by atoms with Crippen LogP contribution in [0.1, 0.15) is 24.2 Å². The van der Waals surface area contributed by atoms with Gasteiger partial charge in [-0.25, -0.2) is 0 Å². The Balaban J connectivity index is 2.85. The minimum atomic E-state index is -0.642. The number of hydrogen-bond acceptors (Lipinski definition) is 2. The van der Waals surface area contributed by atoms with Crippen LogP contribution in [0.5, 0.6) is 0 Å². The molecule has 16 heavy (non-hydrogen) atoms. The van der Waals surface area contributed by atoms with E-state index in [9.17, 15) is 4.79 Å². The van der Waals surface area contributed by atoms with Crippen LogP contribution in [0.15, 0.2) is 22.7 Å². The van der Waals surface area contributed by atoms with Gasteiger partial charge in [0, 0.05) is 10.0 Å². The fourth-order valence-electron chi connectivity index (χ4n) is 1.06. The summed E-state index contributed by atoms with van der Waals surface area (Å²) in [5, 5.41) is 12.2. The molecule has 0 bridgehead atoms. The molecule has 3 nitrogen and oxygen atoms in total. The van der Waals surface area contributed by atoms with E-state index in [4.69, 9.17) is 16.7 Å². The lowest BCUT2D eigenvalue weighted by molar-refractivity contribution is 0.0869. The van der Waals surface area contributed by atoms with Crippen molar-refractivity contribution in [2.24, 2.45) is 0 Å². The molecule has 0 atom stereocenters. The first-order valence-corrected chi connectivity index (χ1v) is 5.91. The number of nitrogens with one attached hydrogen (secondary N) is 1. The second-order valence-electron chi connectivity index (χ2n) is 4.13. The molecule has 88 valence electrons. The Bertz CT molecular complexity index is 407. The van der Waals surface area contributed by atoms with E-state index in [1.807, 2.05) is 0 Å². The van der Waals surface area contributed by atoms with Crippen LogP contribution in [0.2, 0.25) is 5.02 Å². The van der Waals surface area contributed by atoms with Gasteiger partial charge in [-0.1, -0.05) is 11.6 Å². The van der Waals surface area contributed by atoms with Gasteiger partial charge in [-0.2, -0.15) is 0 Å². The zero-order chi connectivity index (χ0) is 12.3. The quantitative estimate of drug-likeness (QED) is 0.902. The molecule has 0 aliphatic rings. The lowest BCUT2D eigenvalue weighted by Crippen LogP contribution is -2.46. The van der Waals surface area contributed by atoms with Crippen molar-refractivity contribution in [1.82, 2.24) is 5.32 Å². The summed E-state index contributed by atoms with van der Waals surface area (Å²) in [6.07, 6.45) is 0. The third kappa shape index (κ3) is 3.47. The molecule has 5 heteroatoms. The van der Waals surface area contributed by atoms with Gasteiger partial charge in [-0.05, 0) is 48.0 Å². The standard InChI is InChI=1S/C11H13BrClNO2/c1-11(2,6-15)14-10(16)7-3-4-8(12)9(13)5-7/h3-5,15H,6H2,1-2H3,(H,14,16). The van der Waals surface area contributed by atoms with Crippen molar-refractivity contribution in [2.45, 2.75) is 19.4 Å². The van der Waals surface area contributed by atoms with Crippen LogP contribution in [0.4, 0.5) is 0 Å². The summed E-state index contributed by atoms with van der Waals surface area (Å²) in [4.78, 5) is 11.8. The lowest BCUT2D eigenvalue weighted by atomic mass is 10.1. The van der Waals surface area contributed by atoms with Crippen LogP contribution in [0.3, 0.4) is 0 Å². The predicted molar refractivity (Wildman–Crippen MR) is 67.8 cm³/mol. The topological polar surface area (TPSA) is 49.3 Å². The molecule has 1 rings (SSSR count). The Morgan fingerprint density at radius 3 is 2.69 bits per heavy atom. The number of benzene rings is 1. The van der Waals surface area contributed by atoms with Gasteiger partial charge in [0.2, 0.25) is 0 Å². The molecule has 2 N–H and O–H groups in total. The van der Waals surface area contributed by atoms with Crippen molar-refractivity contribution in [3.8, 4) is 0 Å². The van der Waals surface area contributed by atoms with E-state index in [2.05, 4.69) is 21.2 Å². The molecule has 1 amide bonds. The average molecular weight is 307 g/mol. The van der Waals surface area contributed by atoms with Crippen molar-refractivity contribution in [1.29, 1.82) is 0 Å². The maximum absolute atomic E-state index is 11.8. The van der Waals surface area contributed by atoms with Crippen LogP contribution in [0, 0.1) is 0 Å². The highest BCUT2D eigenvalue weighted by Gasteiger charge is 2.20. The van der Waals surface area contributed by atoms with Crippen LogP contribution in [-0.4, -0.2) is 23.2 Å². The van der Waals surface area contributed by atoms with Gasteiger partial charge in [0.25, 0.3) is 5.91 Å². The van der Waals surface area contributed by atoms with Crippen LogP contribution in [0.25, 0.3) is 0 Å². The molecule has 0 saturated heterocycles. The normalized spacial score (nSPS) is 11.3. The molecule has 1 aromatic rings. The summed E-state index contributed by atoms with van der Waals surface area (Å²) in [6.45, 7) is 3.36. The number of carbonyl (C=O) groups is 1. The molecule has 0 aromatic heterocycles. The summed E-state index contributed by atoms with van der Waals surface area (Å²) >= 11 is 9.14. The summed E-state index contributed by atoms with van der Waals surface area (Å²) < 4.78 is 0.743. The van der Waals surface area contributed by atoms with Gasteiger partial charge in [-0.3, -0.25) is 4.79 Å². The summed E-state index contributed by atoms with van der Waals surface area (Å²) in [5.41, 5.74) is -0.175. The fraction of sp³-hybridized carbons (Fsp3) is 0.364. The second-order valence-corrected chi connectivity index (χ2v) is 5.39. The monoisotopic (exact) mass is 305 g/mol. The van der Waals surface area contributed by atoms with E-state index in [1.54, 1.807) is 32.0 Å². The highest BCUT2D eigenvalue weighted by atomic mass is 79.9. The molecule has 0 aliphatic heterocycles. The number of hydrogen-bond donors (Lipinski definition) is 2. The largest absolute Gasteiger partial charge is 0.394 e. The van der Waals surface area contributed by atoms with Crippen LogP contribution < -0.4 is 5.32 Å². The van der Waals surface area contributed by atoms with Crippen molar-refractivity contribution in [3.63, 3.8) is 0 Å². The Labute approximate surface area is 108 Å². The molecular formula is C11H13BrClNO2. The first-order chi connectivity index (χ1) is 7.35. The Morgan fingerprint density at radius 2 is 2.19 bits per heavy atom. The van der Waals surface area contributed by atoms with Gasteiger partial charge in [0.1, 0.15) is 0 Å². The van der Waals surface area contributed by atoms with Gasteiger partial charge in [-0.15, -0.1) is 0 Å². The lowest BCUT2D eigenvalue weighted by Gasteiger charge is -2.23. The second kappa shape index (κ2) is 5.17. The summed E-state index contributed by atoms with van der Waals surface area (Å²) in [5.74, 6) is -0.256. The molecule has 0 spiro atoms. The molecular weight excluding hydrogens is 293 g/mol. The SMILES string of the molecule is CC(C)(CO)NC(=O)c1ccc(Br)c(Cl)c1. The molecule has 0 fully saturated rings. The van der Waals surface area contributed by atoms with Crippen molar-refractivity contribution in [3.05, 3.63) is 33.3 Å². The Hall–Kier alpha value is -0.580.